The van der Waals surface area contributed by atoms with Gasteiger partial charge < -0.3 is 13.7 Å². The van der Waals surface area contributed by atoms with E-state index in [2.05, 4.69) is 105 Å². The van der Waals surface area contributed by atoms with E-state index in [0.29, 0.717) is 23.2 Å². The molecule has 5 rings (SSSR count). The normalized spacial score (nSPS) is 12.0. The highest BCUT2D eigenvalue weighted by Gasteiger charge is 2.45. The van der Waals surface area contributed by atoms with Crippen LogP contribution in [0.25, 0.3) is 33.2 Å². The number of fused-ring (bicyclic) bond motifs is 1. The van der Waals surface area contributed by atoms with Crippen LogP contribution in [0.15, 0.2) is 97.5 Å². The zero-order chi connectivity index (χ0) is 29.1. The molecule has 0 spiro atoms. The highest BCUT2D eigenvalue weighted by molar-refractivity contribution is 6.82. The van der Waals surface area contributed by atoms with Crippen LogP contribution in [0.4, 0.5) is 0 Å². The Balaban J connectivity index is 1.62. The van der Waals surface area contributed by atoms with E-state index < -0.39 is 8.24 Å². The molecule has 5 aromatic rings. The number of methoxy groups -OCH3 is 1. The fourth-order valence-corrected chi connectivity index (χ4v) is 13.6. The molecule has 41 heavy (non-hydrogen) atoms. The highest BCUT2D eigenvalue weighted by Crippen LogP contribution is 2.45. The Bertz CT molecular complexity index is 1580. The zero-order valence-electron chi connectivity index (χ0n) is 25.4. The third kappa shape index (κ3) is 5.43. The Labute approximate surface area is 246 Å². The molecule has 0 saturated heterocycles. The second-order valence-electron chi connectivity index (χ2n) is 11.9. The third-order valence-corrected chi connectivity index (χ3v) is 15.5. The van der Waals surface area contributed by atoms with E-state index in [-0.39, 0.29) is 0 Å². The smallest absolute Gasteiger partial charge is 0.169 e. The Morgan fingerprint density at radius 3 is 2.07 bits per heavy atom. The summed E-state index contributed by atoms with van der Waals surface area (Å²) in [6.45, 7) is 15.0. The number of hydrogen-bond acceptors (Lipinski definition) is 3. The molecular weight excluding hydrogens is 520 g/mol. The lowest BCUT2D eigenvalue weighted by Crippen LogP contribution is -2.51. The summed E-state index contributed by atoms with van der Waals surface area (Å²) in [5, 5.41) is 1.29. The van der Waals surface area contributed by atoms with Gasteiger partial charge in [-0.15, -0.1) is 0 Å². The van der Waals surface area contributed by atoms with Gasteiger partial charge in [-0.2, -0.15) is 0 Å². The number of rotatable bonds is 10. The van der Waals surface area contributed by atoms with Crippen molar-refractivity contribution < 1.29 is 9.47 Å². The molecule has 212 valence electrons. The van der Waals surface area contributed by atoms with Gasteiger partial charge >= 0.3 is 0 Å². The van der Waals surface area contributed by atoms with Crippen LogP contribution in [0.3, 0.4) is 0 Å². The summed E-state index contributed by atoms with van der Waals surface area (Å²) in [5.41, 5.74) is 8.81. The molecule has 5 heteroatoms. The Morgan fingerprint density at radius 1 is 0.732 bits per heavy atom. The molecule has 0 saturated carbocycles. The molecule has 0 aliphatic carbocycles. The first-order valence-electron chi connectivity index (χ1n) is 14.7. The van der Waals surface area contributed by atoms with Crippen LogP contribution in [0.5, 0.6) is 11.5 Å². The van der Waals surface area contributed by atoms with Gasteiger partial charge in [-0.3, -0.25) is 4.98 Å². The van der Waals surface area contributed by atoms with Gasteiger partial charge in [-0.05, 0) is 93.6 Å². The SMILES string of the molecule is COc1ccc(COc2cc(-c3cccnc3)cc(-c3cccc4c3ccn4[Si](C(C)C)(C(C)C)C(C)C)c2)cc1. The Kier molecular flexibility index (Phi) is 8.36. The maximum atomic E-state index is 6.40. The van der Waals surface area contributed by atoms with E-state index in [1.54, 1.807) is 7.11 Å². The summed E-state index contributed by atoms with van der Waals surface area (Å²) in [6.07, 6.45) is 6.09. The second-order valence-corrected chi connectivity index (χ2v) is 17.6. The molecule has 2 heterocycles. The maximum absolute atomic E-state index is 6.40. The first-order valence-corrected chi connectivity index (χ1v) is 16.9. The van der Waals surface area contributed by atoms with Crippen molar-refractivity contribution in [2.75, 3.05) is 7.11 Å². The van der Waals surface area contributed by atoms with E-state index >= 15 is 0 Å². The van der Waals surface area contributed by atoms with Crippen LogP contribution in [-0.2, 0) is 6.61 Å². The minimum Gasteiger partial charge on any atom is -0.497 e. The molecule has 0 amide bonds. The third-order valence-electron chi connectivity index (χ3n) is 8.70. The van der Waals surface area contributed by atoms with Gasteiger partial charge in [0.2, 0.25) is 0 Å². The van der Waals surface area contributed by atoms with Crippen molar-refractivity contribution >= 4 is 19.1 Å². The summed E-state index contributed by atoms with van der Waals surface area (Å²) >= 11 is 0. The molecule has 0 radical (unpaired) electrons. The molecular formula is C36H42N2O2Si. The van der Waals surface area contributed by atoms with Crippen molar-refractivity contribution in [1.29, 1.82) is 0 Å². The number of ether oxygens (including phenoxy) is 2. The summed E-state index contributed by atoms with van der Waals surface area (Å²) in [7, 11) is -0.214. The average Bonchev–Trinajstić information content (AvgIpc) is 3.41. The van der Waals surface area contributed by atoms with Crippen molar-refractivity contribution in [3.8, 4) is 33.8 Å². The lowest BCUT2D eigenvalue weighted by molar-refractivity contribution is 0.306. The molecule has 2 aromatic heterocycles. The minimum atomic E-state index is -1.90. The fourth-order valence-electron chi connectivity index (χ4n) is 7.02. The van der Waals surface area contributed by atoms with Gasteiger partial charge in [-0.1, -0.05) is 71.9 Å². The standard InChI is InChI=1S/C36H42N2O2Si/c1-25(2)41(26(3)4,27(5)6)38-19-17-35-34(11-8-12-36(35)38)31-20-30(29-10-9-18-37-23-29)21-33(22-31)40-24-28-13-15-32(39-7)16-14-28/h8-23,25-27H,24H2,1-7H3. The zero-order valence-corrected chi connectivity index (χ0v) is 26.4. The Morgan fingerprint density at radius 2 is 1.44 bits per heavy atom. The van der Waals surface area contributed by atoms with Gasteiger partial charge in [0.25, 0.3) is 0 Å². The summed E-state index contributed by atoms with van der Waals surface area (Å²) in [6, 6.07) is 27.7. The first-order chi connectivity index (χ1) is 19.7. The van der Waals surface area contributed by atoms with Crippen molar-refractivity contribution in [3.63, 3.8) is 0 Å². The quantitative estimate of drug-likeness (QED) is 0.159. The summed E-state index contributed by atoms with van der Waals surface area (Å²) in [5.74, 6) is 1.68. The van der Waals surface area contributed by atoms with E-state index in [9.17, 15) is 0 Å². The summed E-state index contributed by atoms with van der Waals surface area (Å²) < 4.78 is 14.4. The fraction of sp³-hybridized carbons (Fsp3) is 0.306. The van der Waals surface area contributed by atoms with E-state index in [4.69, 9.17) is 9.47 Å². The predicted octanol–water partition coefficient (Wildman–Crippen LogP) is 9.98. The predicted molar refractivity (Wildman–Crippen MR) is 174 cm³/mol. The van der Waals surface area contributed by atoms with Crippen LogP contribution in [0.2, 0.25) is 16.6 Å². The van der Waals surface area contributed by atoms with Gasteiger partial charge in [-0.25, -0.2) is 0 Å². The van der Waals surface area contributed by atoms with Crippen molar-refractivity contribution in [2.45, 2.75) is 64.8 Å². The number of aromatic nitrogens is 2. The molecule has 0 aliphatic heterocycles. The summed E-state index contributed by atoms with van der Waals surface area (Å²) in [4.78, 5) is 4.38. The molecule has 0 atom stereocenters. The average molecular weight is 563 g/mol. The second kappa shape index (κ2) is 12.0. The number of benzene rings is 3. The van der Waals surface area contributed by atoms with Crippen LogP contribution in [0.1, 0.15) is 47.1 Å². The molecule has 3 aromatic carbocycles. The number of nitrogens with zero attached hydrogens (tertiary/aromatic N) is 2. The van der Waals surface area contributed by atoms with E-state index in [1.807, 2.05) is 42.7 Å². The van der Waals surface area contributed by atoms with Crippen LogP contribution < -0.4 is 9.47 Å². The molecule has 0 N–H and O–H groups in total. The van der Waals surface area contributed by atoms with Gasteiger partial charge in [0.15, 0.2) is 8.24 Å². The van der Waals surface area contributed by atoms with E-state index in [1.165, 1.54) is 16.5 Å². The molecule has 4 nitrogen and oxygen atoms in total. The molecule has 0 unspecified atom stereocenters. The van der Waals surface area contributed by atoms with E-state index in [0.717, 1.165) is 33.8 Å². The lowest BCUT2D eigenvalue weighted by Gasteiger charge is -2.44. The first kappa shape index (κ1) is 28.7. The van der Waals surface area contributed by atoms with Crippen LogP contribution in [-0.4, -0.2) is 24.6 Å². The number of hydrogen-bond donors (Lipinski definition) is 0. The van der Waals surface area contributed by atoms with Crippen molar-refractivity contribution in [1.82, 2.24) is 9.22 Å². The largest absolute Gasteiger partial charge is 0.497 e. The van der Waals surface area contributed by atoms with Crippen LogP contribution in [0, 0.1) is 0 Å². The lowest BCUT2D eigenvalue weighted by atomic mass is 9.97. The van der Waals surface area contributed by atoms with Crippen molar-refractivity contribution in [2.24, 2.45) is 0 Å². The van der Waals surface area contributed by atoms with Gasteiger partial charge in [0.1, 0.15) is 18.1 Å². The van der Waals surface area contributed by atoms with Gasteiger partial charge in [0, 0.05) is 28.9 Å². The Hall–Kier alpha value is -3.83. The number of pyridine rings is 1. The highest BCUT2D eigenvalue weighted by atomic mass is 28.3. The van der Waals surface area contributed by atoms with Crippen molar-refractivity contribution in [3.05, 3.63) is 103 Å². The maximum Gasteiger partial charge on any atom is 0.169 e. The minimum absolute atomic E-state index is 0.478. The molecule has 0 bridgehead atoms. The monoisotopic (exact) mass is 562 g/mol. The molecule has 0 fully saturated rings. The van der Waals surface area contributed by atoms with Crippen LogP contribution >= 0.6 is 0 Å². The van der Waals surface area contributed by atoms with Gasteiger partial charge in [0.05, 0.1) is 7.11 Å². The topological polar surface area (TPSA) is 36.3 Å². The molecule has 0 aliphatic rings.